The summed E-state index contributed by atoms with van der Waals surface area (Å²) in [4.78, 5) is 10.1. The van der Waals surface area contributed by atoms with Crippen molar-refractivity contribution in [2.75, 3.05) is 16.0 Å². The van der Waals surface area contributed by atoms with E-state index in [1.54, 1.807) is 11.8 Å². The molecule has 0 fully saturated rings. The molecular formula is C7H7N5S. The molecule has 5 nitrogen and oxygen atoms in total. The Morgan fingerprint density at radius 3 is 3.38 bits per heavy atom. The van der Waals surface area contributed by atoms with Gasteiger partial charge in [-0.1, -0.05) is 11.8 Å². The third-order valence-corrected chi connectivity index (χ3v) is 2.93. The number of hydrogen-bond acceptors (Lipinski definition) is 6. The van der Waals surface area contributed by atoms with E-state index in [4.69, 9.17) is 5.73 Å². The smallest absolute Gasteiger partial charge is 0.164 e. The van der Waals surface area contributed by atoms with E-state index in [1.165, 1.54) is 6.33 Å². The number of nitrogen functional groups attached to an aromatic ring is 1. The quantitative estimate of drug-likeness (QED) is 0.635. The molecule has 0 spiro atoms. The Kier molecular flexibility index (Phi) is 1.24. The average molecular weight is 193 g/mol. The maximum Gasteiger partial charge on any atom is 0.164 e. The fourth-order valence-corrected chi connectivity index (χ4v) is 2.29. The Hall–Kier alpha value is -1.43. The summed E-state index contributed by atoms with van der Waals surface area (Å²) in [5.74, 6) is 1.37. The molecule has 1 aromatic rings. The number of hydrogen-bond donors (Lipinski definition) is 2. The van der Waals surface area contributed by atoms with Crippen LogP contribution in [0.4, 0.5) is 17.3 Å². The van der Waals surface area contributed by atoms with Crippen LogP contribution < -0.4 is 16.0 Å². The van der Waals surface area contributed by atoms with Crippen molar-refractivity contribution in [3.8, 4) is 0 Å². The van der Waals surface area contributed by atoms with Gasteiger partial charge in [0.05, 0.1) is 0 Å². The SMILES string of the molecule is Nc1ncnc2c1NC1SC=CN21. The van der Waals surface area contributed by atoms with Crippen molar-refractivity contribution >= 4 is 29.1 Å². The van der Waals surface area contributed by atoms with Gasteiger partial charge in [-0.2, -0.15) is 0 Å². The average Bonchev–Trinajstić information content (AvgIpc) is 2.65. The van der Waals surface area contributed by atoms with Gasteiger partial charge in [-0.05, 0) is 5.41 Å². The molecule has 0 aliphatic carbocycles. The number of nitrogens with two attached hydrogens (primary N) is 1. The van der Waals surface area contributed by atoms with Gasteiger partial charge in [0, 0.05) is 6.20 Å². The molecule has 2 aliphatic heterocycles. The van der Waals surface area contributed by atoms with Crippen LogP contribution in [0, 0.1) is 0 Å². The van der Waals surface area contributed by atoms with Crippen LogP contribution in [0.25, 0.3) is 0 Å². The highest BCUT2D eigenvalue weighted by Crippen LogP contribution is 2.42. The molecule has 0 aromatic carbocycles. The Labute approximate surface area is 79.0 Å². The Balaban J connectivity index is 2.17. The summed E-state index contributed by atoms with van der Waals surface area (Å²) >= 11 is 1.69. The fraction of sp³-hybridized carbons (Fsp3) is 0.143. The van der Waals surface area contributed by atoms with Gasteiger partial charge in [0.2, 0.25) is 0 Å². The first-order valence-electron chi connectivity index (χ1n) is 3.84. The zero-order chi connectivity index (χ0) is 8.84. The normalized spacial score (nSPS) is 22.8. The van der Waals surface area contributed by atoms with E-state index in [9.17, 15) is 0 Å². The van der Waals surface area contributed by atoms with Crippen molar-refractivity contribution in [1.29, 1.82) is 0 Å². The largest absolute Gasteiger partial charge is 0.382 e. The number of rotatable bonds is 0. The standard InChI is InChI=1S/C7H7N5S/c8-5-4-6(10-3-9-5)12-1-2-13-7(12)11-4/h1-3,7,11H,(H2,8,9,10). The lowest BCUT2D eigenvalue weighted by Crippen LogP contribution is -2.23. The van der Waals surface area contributed by atoms with Gasteiger partial charge >= 0.3 is 0 Å². The maximum absolute atomic E-state index is 5.70. The fourth-order valence-electron chi connectivity index (χ4n) is 1.45. The summed E-state index contributed by atoms with van der Waals surface area (Å²) in [6.07, 6.45) is 3.47. The van der Waals surface area contributed by atoms with Crippen LogP contribution in [-0.4, -0.2) is 15.5 Å². The topological polar surface area (TPSA) is 67.1 Å². The van der Waals surface area contributed by atoms with Crippen molar-refractivity contribution < 1.29 is 0 Å². The first kappa shape index (κ1) is 7.02. The molecule has 1 atom stereocenters. The molecule has 13 heavy (non-hydrogen) atoms. The number of thioether (sulfide) groups is 1. The second-order valence-corrected chi connectivity index (χ2v) is 3.77. The van der Waals surface area contributed by atoms with Crippen LogP contribution in [0.3, 0.4) is 0 Å². The van der Waals surface area contributed by atoms with Crippen LogP contribution >= 0.6 is 11.8 Å². The molecule has 1 aromatic heterocycles. The zero-order valence-electron chi connectivity index (χ0n) is 6.64. The van der Waals surface area contributed by atoms with E-state index >= 15 is 0 Å². The monoisotopic (exact) mass is 193 g/mol. The zero-order valence-corrected chi connectivity index (χ0v) is 7.45. The van der Waals surface area contributed by atoms with E-state index in [-0.39, 0.29) is 5.50 Å². The summed E-state index contributed by atoms with van der Waals surface area (Å²) in [5.41, 5.74) is 6.74. The minimum Gasteiger partial charge on any atom is -0.382 e. The van der Waals surface area contributed by atoms with Crippen molar-refractivity contribution in [3.63, 3.8) is 0 Å². The summed E-state index contributed by atoms with van der Waals surface area (Å²) in [7, 11) is 0. The van der Waals surface area contributed by atoms with Gasteiger partial charge in [0.25, 0.3) is 0 Å². The first-order valence-corrected chi connectivity index (χ1v) is 4.78. The molecule has 0 saturated carbocycles. The lowest BCUT2D eigenvalue weighted by Gasteiger charge is -2.12. The van der Waals surface area contributed by atoms with E-state index in [1.807, 2.05) is 16.5 Å². The van der Waals surface area contributed by atoms with E-state index in [2.05, 4.69) is 15.3 Å². The summed E-state index contributed by atoms with van der Waals surface area (Å²) < 4.78 is 0. The molecule has 0 saturated heterocycles. The molecule has 1 unspecified atom stereocenters. The Bertz CT molecular complexity index is 390. The van der Waals surface area contributed by atoms with Gasteiger partial charge in [-0.3, -0.25) is 0 Å². The summed E-state index contributed by atoms with van der Waals surface area (Å²) in [6, 6.07) is 0. The maximum atomic E-state index is 5.70. The van der Waals surface area contributed by atoms with Crippen LogP contribution in [0.5, 0.6) is 0 Å². The predicted octanol–water partition coefficient (Wildman–Crippen LogP) is 0.792. The molecule has 3 rings (SSSR count). The predicted molar refractivity (Wildman–Crippen MR) is 53.1 cm³/mol. The molecule has 3 N–H and O–H groups in total. The molecule has 2 aliphatic rings. The van der Waals surface area contributed by atoms with Crippen molar-refractivity contribution in [3.05, 3.63) is 17.9 Å². The van der Waals surface area contributed by atoms with Crippen molar-refractivity contribution in [1.82, 2.24) is 9.97 Å². The number of nitrogens with zero attached hydrogens (tertiary/aromatic N) is 3. The highest BCUT2D eigenvalue weighted by molar-refractivity contribution is 8.03. The number of fused-ring (bicyclic) bond motifs is 3. The third-order valence-electron chi connectivity index (χ3n) is 2.05. The molecule has 0 amide bonds. The number of aromatic nitrogens is 2. The third kappa shape index (κ3) is 0.831. The molecular weight excluding hydrogens is 186 g/mol. The first-order chi connectivity index (χ1) is 6.36. The van der Waals surface area contributed by atoms with E-state index < -0.39 is 0 Å². The lowest BCUT2D eigenvalue weighted by molar-refractivity contribution is 1.01. The molecule has 0 radical (unpaired) electrons. The van der Waals surface area contributed by atoms with Crippen molar-refractivity contribution in [2.24, 2.45) is 0 Å². The second-order valence-electron chi connectivity index (χ2n) is 2.78. The van der Waals surface area contributed by atoms with Crippen LogP contribution in [0.15, 0.2) is 17.9 Å². The Morgan fingerprint density at radius 2 is 2.46 bits per heavy atom. The highest BCUT2D eigenvalue weighted by atomic mass is 32.2. The molecule has 0 bridgehead atoms. The van der Waals surface area contributed by atoms with Crippen LogP contribution in [0.1, 0.15) is 0 Å². The second kappa shape index (κ2) is 2.29. The molecule has 6 heteroatoms. The van der Waals surface area contributed by atoms with E-state index in [0.717, 1.165) is 11.5 Å². The van der Waals surface area contributed by atoms with Crippen LogP contribution in [-0.2, 0) is 0 Å². The van der Waals surface area contributed by atoms with Gasteiger partial charge in [0.1, 0.15) is 12.0 Å². The van der Waals surface area contributed by atoms with Crippen molar-refractivity contribution in [2.45, 2.75) is 5.50 Å². The van der Waals surface area contributed by atoms with E-state index in [0.29, 0.717) is 5.82 Å². The van der Waals surface area contributed by atoms with Gasteiger partial charge in [-0.15, -0.1) is 0 Å². The molecule has 3 heterocycles. The minimum atomic E-state index is 0.203. The van der Waals surface area contributed by atoms with Gasteiger partial charge < -0.3 is 16.0 Å². The summed E-state index contributed by atoms with van der Waals surface area (Å²) in [6.45, 7) is 0. The lowest BCUT2D eigenvalue weighted by atomic mass is 10.4. The van der Waals surface area contributed by atoms with Crippen LogP contribution in [0.2, 0.25) is 0 Å². The number of anilines is 3. The van der Waals surface area contributed by atoms with Gasteiger partial charge in [0.15, 0.2) is 17.1 Å². The number of nitrogens with one attached hydrogen (secondary N) is 1. The highest BCUT2D eigenvalue weighted by Gasteiger charge is 2.33. The van der Waals surface area contributed by atoms with Gasteiger partial charge in [-0.25, -0.2) is 9.97 Å². The summed E-state index contributed by atoms with van der Waals surface area (Å²) in [5, 5.41) is 5.27. The minimum absolute atomic E-state index is 0.203. The Morgan fingerprint density at radius 1 is 1.54 bits per heavy atom. The molecule has 66 valence electrons.